The summed E-state index contributed by atoms with van der Waals surface area (Å²) in [4.78, 5) is 89.1. The lowest BCUT2D eigenvalue weighted by Crippen LogP contribution is -2.68. The lowest BCUT2D eigenvalue weighted by atomic mass is 9.95. The van der Waals surface area contributed by atoms with Crippen molar-refractivity contribution < 1.29 is 131 Å². The molecule has 31 heteroatoms. The van der Waals surface area contributed by atoms with Crippen molar-refractivity contribution >= 4 is 43.5 Å². The summed E-state index contributed by atoms with van der Waals surface area (Å²) in [5.74, 6) is -4.57. The number of nitrogens with one attached hydrogen (secondary N) is 2. The molecule has 3 aliphatic rings. The summed E-state index contributed by atoms with van der Waals surface area (Å²) in [7, 11) is -4.91. The van der Waals surface area contributed by atoms with E-state index in [1.807, 2.05) is 6.07 Å². The Hall–Kier alpha value is -6.93. The van der Waals surface area contributed by atoms with Crippen LogP contribution in [0.1, 0.15) is 389 Å². The van der Waals surface area contributed by atoms with Gasteiger partial charge in [0.25, 0.3) is 0 Å². The maximum absolute atomic E-state index is 15.7. The predicted octanol–water partition coefficient (Wildman–Crippen LogP) is 24.9. The lowest BCUT2D eigenvalue weighted by Gasteiger charge is -2.47. The second kappa shape index (κ2) is 67.6. The molecule has 24 nitrogen and oxygen atoms in total. The highest BCUT2D eigenvalue weighted by Gasteiger charge is 2.55. The summed E-state index contributed by atoms with van der Waals surface area (Å²) in [6.07, 6.45) is 5.53. The maximum atomic E-state index is 15.7. The number of amides is 2. The zero-order valence-corrected chi connectivity index (χ0v) is 84.0. The average Bonchev–Trinajstić information content (AvgIpc) is 1.24. The number of hydrogen-bond acceptors (Lipinski definition) is 22. The number of carbonyl (C=O) groups is 6. The summed E-state index contributed by atoms with van der Waals surface area (Å²) >= 11 is 0. The number of ether oxygens (including phenoxy) is 10. The van der Waals surface area contributed by atoms with Crippen LogP contribution < -0.4 is 10.6 Å². The fourth-order valence-electron chi connectivity index (χ4n) is 17.5. The summed E-state index contributed by atoms with van der Waals surface area (Å²) in [6, 6.07) is 21.3. The molecule has 0 bridgehead atoms. The Morgan fingerprint density at radius 1 is 0.391 bits per heavy atom. The van der Waals surface area contributed by atoms with E-state index in [1.165, 1.54) is 49.9 Å². The van der Waals surface area contributed by atoms with Gasteiger partial charge in [0, 0.05) is 12.8 Å². The number of hydrogen-bond donors (Lipinski definition) is 4. The molecule has 0 unspecified atom stereocenters. The number of alkyl halides is 6. The first kappa shape index (κ1) is 118. The normalized spacial score (nSPS) is 20.3. The van der Waals surface area contributed by atoms with Gasteiger partial charge in [0.05, 0.1) is 95.3 Å². The fraction of sp³-hybridized carbons (Fsp3) is 0.720. The predicted molar refractivity (Wildman–Crippen MR) is 515 cm³/mol. The first-order valence-electron chi connectivity index (χ1n) is 52.1. The van der Waals surface area contributed by atoms with Crippen molar-refractivity contribution in [1.82, 2.24) is 10.6 Å². The van der Waals surface area contributed by atoms with Crippen LogP contribution in [0.15, 0.2) is 103 Å². The molecule has 0 radical (unpaired) electrons. The molecule has 0 aliphatic carbocycles. The molecule has 2 saturated heterocycles. The number of aliphatic hydroxyl groups is 2. The van der Waals surface area contributed by atoms with Crippen LogP contribution in [0.2, 0.25) is 0 Å². The summed E-state index contributed by atoms with van der Waals surface area (Å²) < 4.78 is 183. The minimum absolute atomic E-state index is 0.0789. The Morgan fingerprint density at radius 3 is 1.16 bits per heavy atom. The maximum Gasteiger partial charge on any atom is 0.475 e. The smallest absolute Gasteiger partial charge is 0.462 e. The van der Waals surface area contributed by atoms with Gasteiger partial charge in [0.15, 0.2) is 24.8 Å². The van der Waals surface area contributed by atoms with Crippen LogP contribution in [0.25, 0.3) is 0 Å². The van der Waals surface area contributed by atoms with E-state index in [9.17, 15) is 50.9 Å². The Bertz CT molecular complexity index is 4010. The first-order chi connectivity index (χ1) is 66.6. The number of halogens is 6. The summed E-state index contributed by atoms with van der Waals surface area (Å²) in [5, 5.41) is 31.5. The van der Waals surface area contributed by atoms with Gasteiger partial charge in [-0.25, -0.2) is 4.57 Å². The van der Waals surface area contributed by atoms with Crippen molar-refractivity contribution in [2.45, 2.75) is 481 Å². The standard InChI is InChI=1S/C107H163F6N2O22P/c1-7-13-19-25-27-29-31-37-46-58-94(118)131-88(56-44-35-23-17-11-5)68-92(116)114-98-102(135-96(120)70-86(54-42-33-21-15-9-3)126-73-80-60-64-84(65-61-80)106(108,109)110)100(122)90(133-104(98)123)78-128-105-99(115-93(117)69-89(57-45-36-24-18-12-6)132-95(119)59-47-38-32-30-28-26-20-14-8-2)103(136-97(121)71-87(55-43-34-22-16-10-4)127-74-81-62-66-85(67-63-81)107(111,112)113)101(91(134-105)77-125-72-79-50-40-39-41-51-79)137-138(124)129-75-82-52-48-49-53-83(82)76-130-138/h39-41,48-53,60-67,86-91,98-105,122-123H,7-38,42-47,54-59,68-78H2,1-6H3,(H,114,116)(H,115,117)/t86-,87-,88-,89-,90-,91-,98-,99-,100-,101-,102-,103-,104+,105-/m1/s1. The molecular formula is C107H163F6N2O22P. The van der Waals surface area contributed by atoms with Gasteiger partial charge in [-0.15, -0.1) is 0 Å². The van der Waals surface area contributed by atoms with Crippen LogP contribution in [-0.2, 0) is 140 Å². The van der Waals surface area contributed by atoms with Gasteiger partial charge in [-0.2, -0.15) is 26.3 Å². The van der Waals surface area contributed by atoms with E-state index in [4.69, 9.17) is 60.9 Å². The zero-order chi connectivity index (χ0) is 99.6. The Balaban J connectivity index is 1.32. The SMILES string of the molecule is CCCCCCCCCCCC(=O)O[C@H](CCCCCCC)CC(=O)N[C@@H]1[C@@H](OC(=O)C[C@@H](CCCCCCC)OCc2ccc(C(F)(F)F)cc2)[C@H](O)[C@@H](CO[C@@H]2O[C@H](COCc3ccccc3)[C@@H](OP3(=O)OCc4ccccc4CO3)[C@H](OC(=O)C[C@@H](CCCCCCC)OCc3ccc(C(F)(F)F)cc3)[C@H]2NC(=O)C[C@@H](CCCCCCC)OC(=O)CCCCCCCCCCC)O[C@@H]1O. The molecule has 0 spiro atoms. The molecule has 2 fully saturated rings. The van der Waals surface area contributed by atoms with Gasteiger partial charge >= 0.3 is 44.1 Å². The van der Waals surface area contributed by atoms with Crippen molar-refractivity contribution in [3.8, 4) is 0 Å². The zero-order valence-electron chi connectivity index (χ0n) is 83.1. The quantitative estimate of drug-likeness (QED) is 0.0105. The van der Waals surface area contributed by atoms with E-state index in [0.717, 1.165) is 204 Å². The molecule has 4 aromatic rings. The molecule has 138 heavy (non-hydrogen) atoms. The number of rotatable bonds is 73. The van der Waals surface area contributed by atoms with Crippen molar-refractivity contribution in [2.75, 3.05) is 13.2 Å². The van der Waals surface area contributed by atoms with Gasteiger partial charge in [-0.05, 0) is 103 Å². The summed E-state index contributed by atoms with van der Waals surface area (Å²) in [5.41, 5.74) is 0.889. The number of phosphoric ester groups is 1. The molecule has 2 amide bonds. The number of carbonyl (C=O) groups excluding carboxylic acids is 6. The molecule has 0 aromatic heterocycles. The molecule has 3 heterocycles. The minimum atomic E-state index is -4.91. The second-order valence-corrected chi connectivity index (χ2v) is 39.2. The molecule has 3 aliphatic heterocycles. The highest BCUT2D eigenvalue weighted by atomic mass is 31.2. The van der Waals surface area contributed by atoms with E-state index in [0.29, 0.717) is 72.8 Å². The van der Waals surface area contributed by atoms with Crippen LogP contribution in [0.3, 0.4) is 0 Å². The molecule has 14 atom stereocenters. The Kier molecular flexibility index (Phi) is 57.8. The van der Waals surface area contributed by atoms with E-state index in [-0.39, 0.29) is 65.1 Å². The number of aliphatic hydroxyl groups excluding tert-OH is 2. The van der Waals surface area contributed by atoms with Crippen molar-refractivity contribution in [2.24, 2.45) is 0 Å². The van der Waals surface area contributed by atoms with Gasteiger partial charge in [-0.3, -0.25) is 42.3 Å². The van der Waals surface area contributed by atoms with Crippen LogP contribution in [0.4, 0.5) is 26.3 Å². The average molecular weight is 1970 g/mol. The van der Waals surface area contributed by atoms with Gasteiger partial charge in [0.1, 0.15) is 48.7 Å². The fourth-order valence-corrected chi connectivity index (χ4v) is 18.9. The number of phosphoric acid groups is 1. The number of fused-ring (bicyclic) bond motifs is 1. The Morgan fingerprint density at radius 2 is 0.754 bits per heavy atom. The summed E-state index contributed by atoms with van der Waals surface area (Å²) in [6.45, 7) is 10.1. The molecular weight excluding hydrogens is 1810 g/mol. The van der Waals surface area contributed by atoms with Crippen molar-refractivity contribution in [3.05, 3.63) is 142 Å². The molecule has 4 N–H and O–H groups in total. The Labute approximate surface area is 817 Å². The third-order valence-corrected chi connectivity index (χ3v) is 27.1. The lowest BCUT2D eigenvalue weighted by molar-refractivity contribution is -0.300. The van der Waals surface area contributed by atoms with Crippen molar-refractivity contribution in [1.29, 1.82) is 0 Å². The topological polar surface area (TPSA) is 304 Å². The van der Waals surface area contributed by atoms with E-state index in [2.05, 4.69) is 52.2 Å². The van der Waals surface area contributed by atoms with Gasteiger partial charge in [-0.1, -0.05) is 339 Å². The third-order valence-electron chi connectivity index (χ3n) is 25.7. The van der Waals surface area contributed by atoms with E-state index >= 15 is 18.9 Å². The van der Waals surface area contributed by atoms with E-state index in [1.54, 1.807) is 48.5 Å². The third kappa shape index (κ3) is 47.1. The monoisotopic (exact) mass is 1970 g/mol. The van der Waals surface area contributed by atoms with Crippen LogP contribution >= 0.6 is 7.82 Å². The van der Waals surface area contributed by atoms with Crippen LogP contribution in [0, 0.1) is 0 Å². The molecule has 7 rings (SSSR count). The van der Waals surface area contributed by atoms with Gasteiger partial charge in [0.2, 0.25) is 11.8 Å². The largest absolute Gasteiger partial charge is 0.475 e. The van der Waals surface area contributed by atoms with E-state index < -0.39 is 192 Å². The molecule has 4 aromatic carbocycles. The highest BCUT2D eigenvalue weighted by molar-refractivity contribution is 7.48. The number of unbranched alkanes of at least 4 members (excludes halogenated alkanes) is 32. The van der Waals surface area contributed by atoms with Gasteiger partial charge < -0.3 is 68.2 Å². The highest BCUT2D eigenvalue weighted by Crippen LogP contribution is 2.55. The van der Waals surface area contributed by atoms with Crippen molar-refractivity contribution in [3.63, 3.8) is 0 Å². The number of esters is 4. The second-order valence-electron chi connectivity index (χ2n) is 37.6. The molecule has 780 valence electrons. The number of benzene rings is 4. The first-order valence-corrected chi connectivity index (χ1v) is 53.6. The van der Waals surface area contributed by atoms with Crippen LogP contribution in [-0.4, -0.2) is 145 Å². The van der Waals surface area contributed by atoms with Crippen LogP contribution in [0.5, 0.6) is 0 Å². The molecule has 0 saturated carbocycles. The minimum Gasteiger partial charge on any atom is -0.462 e.